The molecule has 3 aromatic carbocycles. The number of amides is 1. The maximum absolute atomic E-state index is 13.2. The number of carbonyl (C=O) groups is 1. The molecule has 1 N–H and O–H groups in total. The molecule has 3 aromatic rings. The second kappa shape index (κ2) is 9.61. The first kappa shape index (κ1) is 24.6. The third kappa shape index (κ3) is 5.43. The number of halogens is 3. The molecule has 10 heteroatoms. The predicted molar refractivity (Wildman–Crippen MR) is 128 cm³/mol. The number of rotatable bonds is 5. The van der Waals surface area contributed by atoms with Crippen molar-refractivity contribution in [2.75, 3.05) is 35.8 Å². The van der Waals surface area contributed by atoms with Gasteiger partial charge in [-0.1, -0.05) is 30.3 Å². The minimum Gasteiger partial charge on any atom is -0.368 e. The van der Waals surface area contributed by atoms with Gasteiger partial charge in [-0.15, -0.1) is 0 Å². The summed E-state index contributed by atoms with van der Waals surface area (Å²) in [6, 6.07) is 17.9. The lowest BCUT2D eigenvalue weighted by Crippen LogP contribution is -2.49. The van der Waals surface area contributed by atoms with Crippen LogP contribution < -0.4 is 9.62 Å². The fourth-order valence-electron chi connectivity index (χ4n) is 4.00. The third-order valence-corrected chi connectivity index (χ3v) is 7.35. The van der Waals surface area contributed by atoms with Crippen molar-refractivity contribution >= 4 is 27.3 Å². The fourth-order valence-corrected chi connectivity index (χ4v) is 5.14. The SMILES string of the molecule is Cc1c(NS(=O)(=O)c2ccccc2)cccc1C(=O)N1CCN(c2cccc(C(F)(F)F)c2)CC1. The van der Waals surface area contributed by atoms with E-state index in [0.717, 1.165) is 12.1 Å². The van der Waals surface area contributed by atoms with E-state index in [1.54, 1.807) is 54.3 Å². The van der Waals surface area contributed by atoms with Gasteiger partial charge in [0.15, 0.2) is 0 Å². The highest BCUT2D eigenvalue weighted by Crippen LogP contribution is 2.32. The van der Waals surface area contributed by atoms with Crippen LogP contribution in [-0.4, -0.2) is 45.4 Å². The Balaban J connectivity index is 1.47. The number of benzene rings is 3. The van der Waals surface area contributed by atoms with Crippen molar-refractivity contribution in [2.24, 2.45) is 0 Å². The van der Waals surface area contributed by atoms with Gasteiger partial charge in [0.2, 0.25) is 0 Å². The van der Waals surface area contributed by atoms with Gasteiger partial charge >= 0.3 is 6.18 Å². The number of carbonyl (C=O) groups excluding carboxylic acids is 1. The van der Waals surface area contributed by atoms with Crippen molar-refractivity contribution in [3.63, 3.8) is 0 Å². The number of nitrogens with zero attached hydrogens (tertiary/aromatic N) is 2. The molecule has 6 nitrogen and oxygen atoms in total. The lowest BCUT2D eigenvalue weighted by atomic mass is 10.1. The number of piperazine rings is 1. The van der Waals surface area contributed by atoms with Crippen molar-refractivity contribution in [1.29, 1.82) is 0 Å². The first-order valence-corrected chi connectivity index (χ1v) is 12.4. The number of alkyl halides is 3. The van der Waals surface area contributed by atoms with Crippen LogP contribution >= 0.6 is 0 Å². The third-order valence-electron chi connectivity index (χ3n) is 5.97. The van der Waals surface area contributed by atoms with Gasteiger partial charge < -0.3 is 9.80 Å². The number of hydrogen-bond donors (Lipinski definition) is 1. The highest BCUT2D eigenvalue weighted by molar-refractivity contribution is 7.92. The topological polar surface area (TPSA) is 69.7 Å². The maximum atomic E-state index is 13.2. The zero-order valence-corrected chi connectivity index (χ0v) is 19.7. The van der Waals surface area contributed by atoms with Crippen LogP contribution in [0.4, 0.5) is 24.5 Å². The molecule has 1 amide bonds. The van der Waals surface area contributed by atoms with E-state index >= 15 is 0 Å². The second-order valence-corrected chi connectivity index (χ2v) is 9.91. The molecule has 0 radical (unpaired) electrons. The predicted octanol–water partition coefficient (Wildman–Crippen LogP) is 4.78. The van der Waals surface area contributed by atoms with Crippen molar-refractivity contribution in [1.82, 2.24) is 4.90 Å². The molecule has 0 atom stereocenters. The Hall–Kier alpha value is -3.53. The van der Waals surface area contributed by atoms with Gasteiger partial charge in [0.1, 0.15) is 0 Å². The van der Waals surface area contributed by atoms with Gasteiger partial charge in [-0.2, -0.15) is 13.2 Å². The molecule has 4 rings (SSSR count). The molecule has 184 valence electrons. The summed E-state index contributed by atoms with van der Waals surface area (Å²) in [4.78, 5) is 16.8. The minimum atomic E-state index is -4.42. The molecule has 0 bridgehead atoms. The summed E-state index contributed by atoms with van der Waals surface area (Å²) in [6.45, 7) is 3.09. The van der Waals surface area contributed by atoms with E-state index in [2.05, 4.69) is 4.72 Å². The van der Waals surface area contributed by atoms with Gasteiger partial charge in [-0.25, -0.2) is 8.42 Å². The molecule has 1 heterocycles. The molecule has 1 aliphatic rings. The number of nitrogens with one attached hydrogen (secondary N) is 1. The van der Waals surface area contributed by atoms with Gasteiger partial charge in [0, 0.05) is 37.4 Å². The maximum Gasteiger partial charge on any atom is 0.416 e. The molecule has 0 unspecified atom stereocenters. The lowest BCUT2D eigenvalue weighted by molar-refractivity contribution is -0.137. The van der Waals surface area contributed by atoms with E-state index in [1.165, 1.54) is 18.2 Å². The van der Waals surface area contributed by atoms with Crippen molar-refractivity contribution in [3.8, 4) is 0 Å². The average molecular weight is 504 g/mol. The Morgan fingerprint density at radius 3 is 2.20 bits per heavy atom. The quantitative estimate of drug-likeness (QED) is 0.544. The summed E-state index contributed by atoms with van der Waals surface area (Å²) < 4.78 is 67.1. The summed E-state index contributed by atoms with van der Waals surface area (Å²) in [6.07, 6.45) is -4.42. The van der Waals surface area contributed by atoms with Gasteiger partial charge in [-0.05, 0) is 55.0 Å². The van der Waals surface area contributed by atoms with Gasteiger partial charge in [-0.3, -0.25) is 9.52 Å². The van der Waals surface area contributed by atoms with Crippen molar-refractivity contribution in [3.05, 3.63) is 89.5 Å². The molecule has 1 fully saturated rings. The van der Waals surface area contributed by atoms with Gasteiger partial charge in [0.05, 0.1) is 16.1 Å². The van der Waals surface area contributed by atoms with Gasteiger partial charge in [0.25, 0.3) is 15.9 Å². The Bertz CT molecular complexity index is 1320. The van der Waals surface area contributed by atoms with Crippen LogP contribution in [0.25, 0.3) is 0 Å². The van der Waals surface area contributed by atoms with Crippen LogP contribution in [0.15, 0.2) is 77.7 Å². The van der Waals surface area contributed by atoms with Crippen molar-refractivity contribution < 1.29 is 26.4 Å². The Labute approximate surface area is 202 Å². The van der Waals surface area contributed by atoms with Crippen LogP contribution in [0.5, 0.6) is 0 Å². The normalized spacial score (nSPS) is 14.6. The van der Waals surface area contributed by atoms with E-state index < -0.39 is 21.8 Å². The monoisotopic (exact) mass is 503 g/mol. The Morgan fingerprint density at radius 1 is 0.886 bits per heavy atom. The largest absolute Gasteiger partial charge is 0.416 e. The Morgan fingerprint density at radius 2 is 1.54 bits per heavy atom. The lowest BCUT2D eigenvalue weighted by Gasteiger charge is -2.36. The first-order valence-electron chi connectivity index (χ1n) is 11.0. The zero-order chi connectivity index (χ0) is 25.2. The highest BCUT2D eigenvalue weighted by atomic mass is 32.2. The van der Waals surface area contributed by atoms with E-state index in [1.807, 2.05) is 4.90 Å². The van der Waals surface area contributed by atoms with Crippen LogP contribution in [0, 0.1) is 6.92 Å². The molecule has 0 aliphatic carbocycles. The molecular weight excluding hydrogens is 479 g/mol. The summed E-state index contributed by atoms with van der Waals surface area (Å²) in [5.74, 6) is -0.257. The van der Waals surface area contributed by atoms with Crippen molar-refractivity contribution in [2.45, 2.75) is 18.0 Å². The number of hydrogen-bond acceptors (Lipinski definition) is 4. The number of sulfonamides is 1. The molecule has 35 heavy (non-hydrogen) atoms. The van der Waals surface area contributed by atoms with Crippen LogP contribution in [0.1, 0.15) is 21.5 Å². The molecule has 0 aromatic heterocycles. The van der Waals surface area contributed by atoms with E-state index in [4.69, 9.17) is 0 Å². The fraction of sp³-hybridized carbons (Fsp3) is 0.240. The molecule has 1 aliphatic heterocycles. The van der Waals surface area contributed by atoms with E-state index in [-0.39, 0.29) is 10.8 Å². The molecule has 0 spiro atoms. The average Bonchev–Trinajstić information content (AvgIpc) is 2.85. The number of anilines is 2. The molecular formula is C25H24F3N3O3S. The van der Waals surface area contributed by atoms with E-state index in [9.17, 15) is 26.4 Å². The van der Waals surface area contributed by atoms with Crippen LogP contribution in [0.3, 0.4) is 0 Å². The molecule has 0 saturated carbocycles. The Kier molecular flexibility index (Phi) is 6.75. The van der Waals surface area contributed by atoms with Crippen LogP contribution in [-0.2, 0) is 16.2 Å². The summed E-state index contributed by atoms with van der Waals surface area (Å²) in [5.41, 5.74) is 0.921. The summed E-state index contributed by atoms with van der Waals surface area (Å²) in [7, 11) is -3.82. The highest BCUT2D eigenvalue weighted by Gasteiger charge is 2.31. The summed E-state index contributed by atoms with van der Waals surface area (Å²) >= 11 is 0. The standard InChI is InChI=1S/C25H24F3N3O3S/c1-18-22(11-6-12-23(18)29-35(33,34)21-9-3-2-4-10-21)24(32)31-15-13-30(14-16-31)20-8-5-7-19(17-20)25(26,27)28/h2-12,17,29H,13-16H2,1H3. The minimum absolute atomic E-state index is 0.113. The van der Waals surface area contributed by atoms with Crippen LogP contribution in [0.2, 0.25) is 0 Å². The zero-order valence-electron chi connectivity index (χ0n) is 18.9. The summed E-state index contributed by atoms with van der Waals surface area (Å²) in [5, 5.41) is 0. The smallest absolute Gasteiger partial charge is 0.368 e. The molecule has 1 saturated heterocycles. The van der Waals surface area contributed by atoms with E-state index in [0.29, 0.717) is 48.7 Å². The first-order chi connectivity index (χ1) is 16.6. The second-order valence-electron chi connectivity index (χ2n) is 8.22.